The van der Waals surface area contributed by atoms with Crippen molar-refractivity contribution < 1.29 is 0 Å². The van der Waals surface area contributed by atoms with E-state index in [4.69, 9.17) is 0 Å². The van der Waals surface area contributed by atoms with Gasteiger partial charge in [-0.2, -0.15) is 0 Å². The van der Waals surface area contributed by atoms with Gasteiger partial charge in [0.2, 0.25) is 0 Å². The Bertz CT molecular complexity index is 458. The molecule has 2 aromatic heterocycles. The molecular weight excluding hydrogens is 234 g/mol. The van der Waals surface area contributed by atoms with Crippen molar-refractivity contribution in [2.45, 2.75) is 38.6 Å². The van der Waals surface area contributed by atoms with E-state index in [1.54, 1.807) is 6.20 Å². The molecule has 3 rings (SSSR count). The molecule has 6 heteroatoms. The molecule has 0 amide bonds. The quantitative estimate of drug-likeness (QED) is 0.830. The first-order valence-corrected chi connectivity index (χ1v) is 6.83. The van der Waals surface area contributed by atoms with Crippen molar-refractivity contribution in [3.63, 3.8) is 0 Å². The maximum Gasteiger partial charge on any atom is 0.0830 e. The highest BCUT2D eigenvalue weighted by Gasteiger charge is 2.16. The summed E-state index contributed by atoms with van der Waals surface area (Å²) in [5.41, 5.74) is 1.12. The maximum atomic E-state index is 4.24. The van der Waals surface area contributed by atoms with E-state index in [0.717, 1.165) is 29.5 Å². The minimum atomic E-state index is 0.731. The molecule has 1 fully saturated rings. The molecule has 17 heavy (non-hydrogen) atoms. The van der Waals surface area contributed by atoms with E-state index in [0.29, 0.717) is 0 Å². The minimum absolute atomic E-state index is 0.731. The lowest BCUT2D eigenvalue weighted by molar-refractivity contribution is 0.538. The first-order valence-electron chi connectivity index (χ1n) is 6.05. The Morgan fingerprint density at radius 1 is 1.35 bits per heavy atom. The standard InChI is InChI=1S/C11H15N5S/c1-2-4-9(3-1)5-10-7-16(14-13-10)8-11-6-12-15-17-11/h6-7,9H,1-5,8H2. The molecule has 90 valence electrons. The summed E-state index contributed by atoms with van der Waals surface area (Å²) in [6.45, 7) is 0.731. The molecule has 0 N–H and O–H groups in total. The van der Waals surface area contributed by atoms with Crippen molar-refractivity contribution in [1.29, 1.82) is 0 Å². The zero-order chi connectivity index (χ0) is 11.5. The first-order chi connectivity index (χ1) is 8.40. The van der Waals surface area contributed by atoms with Crippen LogP contribution in [-0.4, -0.2) is 24.6 Å². The molecule has 0 saturated heterocycles. The van der Waals surface area contributed by atoms with E-state index >= 15 is 0 Å². The molecular formula is C11H15N5S. The van der Waals surface area contributed by atoms with Gasteiger partial charge in [-0.05, 0) is 23.9 Å². The molecule has 1 saturated carbocycles. The summed E-state index contributed by atoms with van der Waals surface area (Å²) in [5.74, 6) is 0.824. The van der Waals surface area contributed by atoms with Gasteiger partial charge in [0.05, 0.1) is 23.3 Å². The number of hydrogen-bond donors (Lipinski definition) is 0. The Morgan fingerprint density at radius 3 is 3.00 bits per heavy atom. The average Bonchev–Trinajstić information content (AvgIpc) is 3.02. The Hall–Kier alpha value is -1.30. The fourth-order valence-corrected chi connectivity index (χ4v) is 2.92. The molecule has 0 unspecified atom stereocenters. The maximum absolute atomic E-state index is 4.24. The summed E-state index contributed by atoms with van der Waals surface area (Å²) in [7, 11) is 0. The largest absolute Gasteiger partial charge is 0.247 e. The predicted molar refractivity (Wildman–Crippen MR) is 64.7 cm³/mol. The highest BCUT2D eigenvalue weighted by molar-refractivity contribution is 7.05. The van der Waals surface area contributed by atoms with E-state index in [-0.39, 0.29) is 0 Å². The third-order valence-corrected chi connectivity index (χ3v) is 3.93. The Balaban J connectivity index is 1.61. The summed E-state index contributed by atoms with van der Waals surface area (Å²) >= 11 is 1.41. The van der Waals surface area contributed by atoms with Gasteiger partial charge in [-0.3, -0.25) is 0 Å². The predicted octanol–water partition coefficient (Wildman–Crippen LogP) is 1.91. The molecule has 0 radical (unpaired) electrons. The van der Waals surface area contributed by atoms with Gasteiger partial charge in [-0.1, -0.05) is 35.4 Å². The van der Waals surface area contributed by atoms with Gasteiger partial charge in [0.25, 0.3) is 0 Å². The lowest BCUT2D eigenvalue weighted by Crippen LogP contribution is -1.99. The molecule has 0 aromatic carbocycles. The monoisotopic (exact) mass is 249 g/mol. The molecule has 0 spiro atoms. The average molecular weight is 249 g/mol. The van der Waals surface area contributed by atoms with Crippen LogP contribution >= 0.6 is 11.5 Å². The molecule has 1 aliphatic rings. The van der Waals surface area contributed by atoms with Gasteiger partial charge in [-0.25, -0.2) is 4.68 Å². The Labute approximate surface area is 104 Å². The SMILES string of the molecule is c1nnsc1Cn1cc(CC2CCCC2)nn1. The van der Waals surface area contributed by atoms with Gasteiger partial charge in [-0.15, -0.1) is 10.2 Å². The molecule has 0 aliphatic heterocycles. The fraction of sp³-hybridized carbons (Fsp3) is 0.636. The number of nitrogens with zero attached hydrogens (tertiary/aromatic N) is 5. The highest BCUT2D eigenvalue weighted by Crippen LogP contribution is 2.27. The topological polar surface area (TPSA) is 56.5 Å². The number of hydrogen-bond acceptors (Lipinski definition) is 5. The van der Waals surface area contributed by atoms with E-state index in [2.05, 4.69) is 26.1 Å². The van der Waals surface area contributed by atoms with E-state index in [1.807, 2.05) is 4.68 Å². The fourth-order valence-electron chi connectivity index (χ4n) is 2.44. The molecule has 5 nitrogen and oxygen atoms in total. The summed E-state index contributed by atoms with van der Waals surface area (Å²) in [4.78, 5) is 1.11. The molecule has 2 aromatic rings. The van der Waals surface area contributed by atoms with Crippen molar-refractivity contribution in [3.05, 3.63) is 23.0 Å². The summed E-state index contributed by atoms with van der Waals surface area (Å²) in [6, 6.07) is 0. The van der Waals surface area contributed by atoms with Gasteiger partial charge in [0.15, 0.2) is 0 Å². The van der Waals surface area contributed by atoms with Crippen LogP contribution in [0.15, 0.2) is 12.4 Å². The van der Waals surface area contributed by atoms with Crippen LogP contribution in [0.2, 0.25) is 0 Å². The molecule has 0 atom stereocenters. The Kier molecular flexibility index (Phi) is 3.13. The second kappa shape index (κ2) is 4.91. The third-order valence-electron chi connectivity index (χ3n) is 3.28. The zero-order valence-electron chi connectivity index (χ0n) is 9.62. The van der Waals surface area contributed by atoms with Crippen LogP contribution in [-0.2, 0) is 13.0 Å². The first kappa shape index (κ1) is 10.8. The number of rotatable bonds is 4. The second-order valence-corrected chi connectivity index (χ2v) is 5.52. The summed E-state index contributed by atoms with van der Waals surface area (Å²) < 4.78 is 5.71. The smallest absolute Gasteiger partial charge is 0.0830 e. The lowest BCUT2D eigenvalue weighted by Gasteiger charge is -2.03. The van der Waals surface area contributed by atoms with Crippen LogP contribution in [0.5, 0.6) is 0 Å². The molecule has 0 bridgehead atoms. The Morgan fingerprint density at radius 2 is 2.24 bits per heavy atom. The van der Waals surface area contributed by atoms with Crippen LogP contribution in [0.3, 0.4) is 0 Å². The van der Waals surface area contributed by atoms with Crippen molar-refractivity contribution in [1.82, 2.24) is 24.6 Å². The molecule has 1 aliphatic carbocycles. The van der Waals surface area contributed by atoms with Crippen LogP contribution in [0, 0.1) is 5.92 Å². The van der Waals surface area contributed by atoms with Crippen LogP contribution < -0.4 is 0 Å². The molecule has 2 heterocycles. The van der Waals surface area contributed by atoms with Crippen molar-refractivity contribution in [2.75, 3.05) is 0 Å². The second-order valence-electron chi connectivity index (χ2n) is 4.65. The van der Waals surface area contributed by atoms with E-state index < -0.39 is 0 Å². The van der Waals surface area contributed by atoms with E-state index in [1.165, 1.54) is 37.2 Å². The van der Waals surface area contributed by atoms with Crippen molar-refractivity contribution >= 4 is 11.5 Å². The van der Waals surface area contributed by atoms with Gasteiger partial charge >= 0.3 is 0 Å². The van der Waals surface area contributed by atoms with Gasteiger partial charge in [0.1, 0.15) is 0 Å². The lowest BCUT2D eigenvalue weighted by atomic mass is 10.0. The van der Waals surface area contributed by atoms with Crippen LogP contribution in [0.1, 0.15) is 36.3 Å². The van der Waals surface area contributed by atoms with E-state index in [9.17, 15) is 0 Å². The van der Waals surface area contributed by atoms with Crippen LogP contribution in [0.25, 0.3) is 0 Å². The van der Waals surface area contributed by atoms with Crippen LogP contribution in [0.4, 0.5) is 0 Å². The minimum Gasteiger partial charge on any atom is -0.247 e. The third kappa shape index (κ3) is 2.69. The van der Waals surface area contributed by atoms with Gasteiger partial charge < -0.3 is 0 Å². The van der Waals surface area contributed by atoms with Crippen molar-refractivity contribution in [3.8, 4) is 0 Å². The zero-order valence-corrected chi connectivity index (χ0v) is 10.4. The number of aromatic nitrogens is 5. The highest BCUT2D eigenvalue weighted by atomic mass is 32.1. The van der Waals surface area contributed by atoms with Crippen molar-refractivity contribution in [2.24, 2.45) is 5.92 Å². The summed E-state index contributed by atoms with van der Waals surface area (Å²) in [6.07, 6.45) is 10.4. The van der Waals surface area contributed by atoms with Gasteiger partial charge in [0, 0.05) is 6.20 Å². The summed E-state index contributed by atoms with van der Waals surface area (Å²) in [5, 5.41) is 12.2. The normalized spacial score (nSPS) is 16.7.